The van der Waals surface area contributed by atoms with E-state index in [1.807, 2.05) is 31.2 Å². The highest BCUT2D eigenvalue weighted by molar-refractivity contribution is 7.90. The van der Waals surface area contributed by atoms with Crippen molar-refractivity contribution in [1.29, 1.82) is 0 Å². The minimum absolute atomic E-state index is 0.0338. The fourth-order valence-electron chi connectivity index (χ4n) is 3.45. The van der Waals surface area contributed by atoms with Gasteiger partial charge in [-0.05, 0) is 44.0 Å². The van der Waals surface area contributed by atoms with Crippen LogP contribution < -0.4 is 5.32 Å². The summed E-state index contributed by atoms with van der Waals surface area (Å²) >= 11 is 0. The van der Waals surface area contributed by atoms with Crippen molar-refractivity contribution in [3.05, 3.63) is 63.7 Å². The molecule has 2 aromatic rings. The summed E-state index contributed by atoms with van der Waals surface area (Å²) in [5.74, 6) is -0.0338. The number of piperidine rings is 1. The van der Waals surface area contributed by atoms with Crippen LogP contribution in [0.5, 0.6) is 0 Å². The predicted octanol–water partition coefficient (Wildman–Crippen LogP) is 3.02. The summed E-state index contributed by atoms with van der Waals surface area (Å²) in [6.45, 7) is 3.00. The molecule has 8 nitrogen and oxygen atoms in total. The summed E-state index contributed by atoms with van der Waals surface area (Å²) in [7, 11) is -3.73. The predicted molar refractivity (Wildman–Crippen MR) is 110 cm³/mol. The molecule has 0 unspecified atom stereocenters. The van der Waals surface area contributed by atoms with Crippen LogP contribution in [0.15, 0.2) is 47.4 Å². The molecule has 0 aliphatic carbocycles. The van der Waals surface area contributed by atoms with E-state index in [1.165, 1.54) is 18.2 Å². The minimum Gasteiger partial charge on any atom is -0.377 e. The van der Waals surface area contributed by atoms with Gasteiger partial charge < -0.3 is 10.2 Å². The number of hydrogen-bond acceptors (Lipinski definition) is 6. The van der Waals surface area contributed by atoms with Gasteiger partial charge in [-0.3, -0.25) is 14.9 Å². The molecule has 0 saturated carbocycles. The molecule has 0 bridgehead atoms. The number of para-hydroxylation sites is 1. The molecule has 29 heavy (non-hydrogen) atoms. The Bertz CT molecular complexity index is 1030. The van der Waals surface area contributed by atoms with Crippen LogP contribution >= 0.6 is 0 Å². The maximum absolute atomic E-state index is 12.6. The first-order chi connectivity index (χ1) is 13.7. The first-order valence-electron chi connectivity index (χ1n) is 9.27. The van der Waals surface area contributed by atoms with Crippen molar-refractivity contribution in [2.45, 2.75) is 30.7 Å². The fourth-order valence-corrected chi connectivity index (χ4v) is 4.31. The van der Waals surface area contributed by atoms with Gasteiger partial charge in [-0.1, -0.05) is 23.8 Å². The van der Waals surface area contributed by atoms with Crippen molar-refractivity contribution in [3.63, 3.8) is 0 Å². The Kier molecular flexibility index (Phi) is 5.88. The fraction of sp³-hybridized carbons (Fsp3) is 0.350. The normalized spacial score (nSPS) is 15.2. The Labute approximate surface area is 169 Å². The number of hydrogen-bond donors (Lipinski definition) is 1. The molecule has 1 aliphatic rings. The van der Waals surface area contributed by atoms with E-state index < -0.39 is 20.4 Å². The number of benzene rings is 2. The van der Waals surface area contributed by atoms with Crippen molar-refractivity contribution < 1.29 is 18.1 Å². The van der Waals surface area contributed by atoms with Crippen molar-refractivity contribution >= 4 is 27.1 Å². The minimum atomic E-state index is -3.73. The number of nitro benzene ring substituents is 1. The highest BCUT2D eigenvalue weighted by Gasteiger charge is 2.29. The van der Waals surface area contributed by atoms with Crippen molar-refractivity contribution in [2.24, 2.45) is 0 Å². The molecule has 1 heterocycles. The molecule has 0 radical (unpaired) electrons. The van der Waals surface area contributed by atoms with Crippen LogP contribution in [-0.2, 0) is 9.84 Å². The third kappa shape index (κ3) is 4.73. The Morgan fingerprint density at radius 2 is 1.76 bits per heavy atom. The number of nitro groups is 1. The van der Waals surface area contributed by atoms with Gasteiger partial charge in [0.05, 0.1) is 4.92 Å². The van der Waals surface area contributed by atoms with Gasteiger partial charge in [0.15, 0.2) is 9.84 Å². The molecule has 154 valence electrons. The molecule has 2 aromatic carbocycles. The molecule has 3 rings (SSSR count). The Hall–Kier alpha value is -2.94. The monoisotopic (exact) mass is 417 g/mol. The summed E-state index contributed by atoms with van der Waals surface area (Å²) in [5, 5.41) is 14.6. The summed E-state index contributed by atoms with van der Waals surface area (Å²) in [6, 6.07) is 11.6. The zero-order valence-electron chi connectivity index (χ0n) is 16.3. The third-order valence-corrected chi connectivity index (χ3v) is 6.15. The van der Waals surface area contributed by atoms with Gasteiger partial charge in [-0.25, -0.2) is 8.42 Å². The molecule has 0 spiro atoms. The van der Waals surface area contributed by atoms with Gasteiger partial charge in [0.2, 0.25) is 0 Å². The highest BCUT2D eigenvalue weighted by Crippen LogP contribution is 2.33. The standard InChI is InChI=1S/C20H23N3O5S/c1-14-6-8-15(9-7-14)20(24)22-12-10-16(11-13-22)21-17-4-3-5-18(29(2,27)28)19(17)23(25)26/h3-9,16,21H,10-13H2,1-2H3. The summed E-state index contributed by atoms with van der Waals surface area (Å²) in [4.78, 5) is 24.9. The van der Waals surface area contributed by atoms with Gasteiger partial charge in [-0.15, -0.1) is 0 Å². The first-order valence-corrected chi connectivity index (χ1v) is 11.2. The number of carbonyl (C=O) groups excluding carboxylic acids is 1. The van der Waals surface area contributed by atoms with Gasteiger partial charge >= 0.3 is 5.69 Å². The average Bonchev–Trinajstić information content (AvgIpc) is 2.67. The number of likely N-dealkylation sites (tertiary alicyclic amines) is 1. The lowest BCUT2D eigenvalue weighted by Crippen LogP contribution is -2.42. The van der Waals surface area contributed by atoms with Crippen LogP contribution in [0.4, 0.5) is 11.4 Å². The van der Waals surface area contributed by atoms with E-state index in [1.54, 1.807) is 4.90 Å². The van der Waals surface area contributed by atoms with E-state index in [2.05, 4.69) is 5.32 Å². The maximum Gasteiger partial charge on any atom is 0.310 e. The topological polar surface area (TPSA) is 110 Å². The van der Waals surface area contributed by atoms with Crippen LogP contribution in [0.2, 0.25) is 0 Å². The number of sulfone groups is 1. The molecule has 1 fully saturated rings. The van der Waals surface area contributed by atoms with E-state index in [9.17, 15) is 23.3 Å². The van der Waals surface area contributed by atoms with Crippen LogP contribution in [0.25, 0.3) is 0 Å². The van der Waals surface area contributed by atoms with Crippen molar-refractivity contribution in [3.8, 4) is 0 Å². The summed E-state index contributed by atoms with van der Waals surface area (Å²) in [6.07, 6.45) is 2.17. The van der Waals surface area contributed by atoms with Crippen LogP contribution in [0.3, 0.4) is 0 Å². The Morgan fingerprint density at radius 1 is 1.14 bits per heavy atom. The quantitative estimate of drug-likeness (QED) is 0.591. The molecule has 0 atom stereocenters. The molecule has 9 heteroatoms. The molecule has 0 aromatic heterocycles. The zero-order valence-corrected chi connectivity index (χ0v) is 17.1. The number of anilines is 1. The molecule has 1 amide bonds. The van der Waals surface area contributed by atoms with Gasteiger partial charge in [0.1, 0.15) is 10.6 Å². The summed E-state index contributed by atoms with van der Waals surface area (Å²) in [5.41, 5.74) is 1.47. The lowest BCUT2D eigenvalue weighted by molar-refractivity contribution is -0.386. The van der Waals surface area contributed by atoms with Crippen molar-refractivity contribution in [2.75, 3.05) is 24.7 Å². The smallest absolute Gasteiger partial charge is 0.310 e. The summed E-state index contributed by atoms with van der Waals surface area (Å²) < 4.78 is 23.8. The lowest BCUT2D eigenvalue weighted by Gasteiger charge is -2.33. The molecule has 1 N–H and O–H groups in total. The second kappa shape index (κ2) is 8.20. The Balaban J connectivity index is 1.71. The SMILES string of the molecule is Cc1ccc(C(=O)N2CCC(Nc3cccc(S(C)(=O)=O)c3[N+](=O)[O-])CC2)cc1. The number of nitrogens with zero attached hydrogens (tertiary/aromatic N) is 2. The number of amides is 1. The van der Waals surface area contributed by atoms with Gasteiger partial charge in [0, 0.05) is 31.0 Å². The lowest BCUT2D eigenvalue weighted by atomic mass is 10.0. The molecular weight excluding hydrogens is 394 g/mol. The van der Waals surface area contributed by atoms with Crippen LogP contribution in [-0.4, -0.2) is 49.5 Å². The second-order valence-corrected chi connectivity index (χ2v) is 9.24. The van der Waals surface area contributed by atoms with Crippen LogP contribution in [0, 0.1) is 17.0 Å². The molecule has 1 aliphatic heterocycles. The Morgan fingerprint density at radius 3 is 2.31 bits per heavy atom. The van der Waals surface area contributed by atoms with Gasteiger partial charge in [0.25, 0.3) is 5.91 Å². The highest BCUT2D eigenvalue weighted by atomic mass is 32.2. The molecular formula is C20H23N3O5S. The van der Waals surface area contributed by atoms with E-state index >= 15 is 0 Å². The van der Waals surface area contributed by atoms with Crippen molar-refractivity contribution in [1.82, 2.24) is 4.90 Å². The van der Waals surface area contributed by atoms with Gasteiger partial charge in [-0.2, -0.15) is 0 Å². The number of aryl methyl sites for hydroxylation is 1. The van der Waals surface area contributed by atoms with E-state index in [4.69, 9.17) is 0 Å². The second-order valence-electron chi connectivity index (χ2n) is 7.26. The first kappa shape index (κ1) is 20.8. The number of nitrogens with one attached hydrogen (secondary N) is 1. The third-order valence-electron chi connectivity index (χ3n) is 5.02. The maximum atomic E-state index is 12.6. The van der Waals surface area contributed by atoms with E-state index in [-0.39, 0.29) is 22.5 Å². The number of rotatable bonds is 5. The van der Waals surface area contributed by atoms with Crippen LogP contribution in [0.1, 0.15) is 28.8 Å². The molecule has 1 saturated heterocycles. The zero-order chi connectivity index (χ0) is 21.2. The van der Waals surface area contributed by atoms with E-state index in [0.29, 0.717) is 31.5 Å². The average molecular weight is 417 g/mol. The number of carbonyl (C=O) groups is 1. The van der Waals surface area contributed by atoms with E-state index in [0.717, 1.165) is 11.8 Å². The largest absolute Gasteiger partial charge is 0.377 e.